The number of nitrogen functional groups attached to an aromatic ring is 1. The summed E-state index contributed by atoms with van der Waals surface area (Å²) >= 11 is 0. The highest BCUT2D eigenvalue weighted by Gasteiger charge is 2.24. The van der Waals surface area contributed by atoms with E-state index in [2.05, 4.69) is 47.2 Å². The molecule has 9 nitrogen and oxygen atoms in total. The number of fused-ring (bicyclic) bond motifs is 1. The van der Waals surface area contributed by atoms with Crippen LogP contribution in [0.5, 0.6) is 0 Å². The first kappa shape index (κ1) is 37.4. The molecule has 0 bridgehead atoms. The third kappa shape index (κ3) is 14.7. The zero-order valence-electron chi connectivity index (χ0n) is 27.4. The quantitative estimate of drug-likeness (QED) is 0.0509. The molecule has 0 aliphatic rings. The molecule has 3 N–H and O–H groups in total. The number of nitrogens with zero attached hydrogens (tertiary/aromatic N) is 4. The molecule has 244 valence electrons. The van der Waals surface area contributed by atoms with Crippen molar-refractivity contribution in [2.24, 2.45) is 0 Å². The van der Waals surface area contributed by atoms with Crippen LogP contribution < -0.4 is 5.73 Å². The van der Waals surface area contributed by atoms with E-state index in [1.807, 2.05) is 6.92 Å². The Bertz CT molecular complexity index is 1140. The van der Waals surface area contributed by atoms with Crippen molar-refractivity contribution in [1.82, 2.24) is 19.5 Å². The molecule has 0 aromatic carbocycles. The Balaban J connectivity index is 1.39. The molecule has 0 aliphatic heterocycles. The number of unbranched alkanes of at least 4 members (excludes halogenated alkanes) is 13. The zero-order valence-corrected chi connectivity index (χ0v) is 29.3. The molecule has 1 unspecified atom stereocenters. The Kier molecular flexibility index (Phi) is 18.3. The Morgan fingerprint density at radius 1 is 0.907 bits per heavy atom. The molecule has 0 radical (unpaired) electrons. The van der Waals surface area contributed by atoms with E-state index in [0.717, 1.165) is 25.7 Å². The van der Waals surface area contributed by atoms with Crippen LogP contribution in [0.4, 0.5) is 5.82 Å². The topological polar surface area (TPSA) is 125 Å². The average molecular weight is 636 g/mol. The van der Waals surface area contributed by atoms with Crippen molar-refractivity contribution in [3.63, 3.8) is 0 Å². The van der Waals surface area contributed by atoms with Crippen molar-refractivity contribution in [2.75, 3.05) is 18.7 Å². The molecule has 2 atom stereocenters. The van der Waals surface area contributed by atoms with Crippen LogP contribution in [0.1, 0.15) is 118 Å². The Morgan fingerprint density at radius 3 is 2.05 bits per heavy atom. The number of anilines is 1. The number of aromatic nitrogens is 4. The van der Waals surface area contributed by atoms with Crippen LogP contribution in [-0.2, 0) is 20.4 Å². The summed E-state index contributed by atoms with van der Waals surface area (Å²) in [4.78, 5) is 22.5. The number of hydrogen-bond donors (Lipinski definition) is 2. The Hall–Kier alpha value is -1.76. The highest BCUT2D eigenvalue weighted by molar-refractivity contribution is 7.52. The molecule has 2 aromatic heterocycles. The van der Waals surface area contributed by atoms with Crippen LogP contribution in [0.25, 0.3) is 11.2 Å². The fourth-order valence-corrected chi connectivity index (χ4v) is 8.82. The summed E-state index contributed by atoms with van der Waals surface area (Å²) in [5.41, 5.74) is 10.7. The summed E-state index contributed by atoms with van der Waals surface area (Å²) in [6, 6.07) is 3.90. The lowest BCUT2D eigenvalue weighted by Crippen LogP contribution is -2.29. The Morgan fingerprint density at radius 2 is 1.47 bits per heavy atom. The van der Waals surface area contributed by atoms with Gasteiger partial charge in [-0.2, -0.15) is 0 Å². The molecule has 0 saturated carbocycles. The maximum Gasteiger partial charge on any atom is 0.353 e. The van der Waals surface area contributed by atoms with E-state index in [1.54, 1.807) is 10.9 Å². The second-order valence-corrected chi connectivity index (χ2v) is 18.6. The molecule has 0 spiro atoms. The summed E-state index contributed by atoms with van der Waals surface area (Å²) in [6.45, 7) is 9.50. The average Bonchev–Trinajstić information content (AvgIpc) is 3.41. The van der Waals surface area contributed by atoms with Crippen molar-refractivity contribution in [2.45, 2.75) is 148 Å². The molecular formula is C32H58N5O4PSi. The first-order chi connectivity index (χ1) is 20.8. The summed E-state index contributed by atoms with van der Waals surface area (Å²) in [6.07, 6.45) is 19.5. The molecule has 2 rings (SSSR count). The van der Waals surface area contributed by atoms with Gasteiger partial charge in [-0.15, -0.1) is 11.5 Å². The van der Waals surface area contributed by atoms with E-state index in [0.29, 0.717) is 23.5 Å². The van der Waals surface area contributed by atoms with Gasteiger partial charge in [0.1, 0.15) is 26.3 Å². The monoisotopic (exact) mass is 635 g/mol. The SMILES string of the molecule is CC[Si](C#CCCCCCCCCCCCCCCCOP(=O)(O)CO[C@H](C)Cn1cnc2c(N)ncnc21)(CC)CC. The van der Waals surface area contributed by atoms with Gasteiger partial charge in [-0.1, -0.05) is 91.4 Å². The van der Waals surface area contributed by atoms with Gasteiger partial charge in [0.15, 0.2) is 11.5 Å². The van der Waals surface area contributed by atoms with E-state index in [9.17, 15) is 9.46 Å². The van der Waals surface area contributed by atoms with Gasteiger partial charge < -0.3 is 24.5 Å². The molecule has 11 heteroatoms. The van der Waals surface area contributed by atoms with Gasteiger partial charge in [0.2, 0.25) is 0 Å². The Labute approximate surface area is 261 Å². The van der Waals surface area contributed by atoms with E-state index in [1.165, 1.54) is 88.7 Å². The first-order valence-electron chi connectivity index (χ1n) is 16.7. The lowest BCUT2D eigenvalue weighted by Gasteiger charge is -2.20. The van der Waals surface area contributed by atoms with E-state index in [-0.39, 0.29) is 19.1 Å². The smallest absolute Gasteiger partial charge is 0.353 e. The fraction of sp³-hybridized carbons (Fsp3) is 0.781. The largest absolute Gasteiger partial charge is 0.382 e. The van der Waals surface area contributed by atoms with E-state index < -0.39 is 15.7 Å². The third-order valence-electron chi connectivity index (χ3n) is 8.53. The number of hydrogen-bond acceptors (Lipinski definition) is 7. The minimum Gasteiger partial charge on any atom is -0.382 e. The summed E-state index contributed by atoms with van der Waals surface area (Å²) < 4.78 is 25.0. The molecule has 0 saturated heterocycles. The van der Waals surface area contributed by atoms with Gasteiger partial charge in [-0.25, -0.2) is 15.0 Å². The molecule has 2 heterocycles. The summed E-state index contributed by atoms with van der Waals surface area (Å²) in [7, 11) is -5.04. The number of ether oxygens (including phenoxy) is 1. The van der Waals surface area contributed by atoms with Crippen LogP contribution >= 0.6 is 7.60 Å². The lowest BCUT2D eigenvalue weighted by molar-refractivity contribution is 0.0715. The van der Waals surface area contributed by atoms with Crippen LogP contribution in [0, 0.1) is 11.5 Å². The number of imidazole rings is 1. The zero-order chi connectivity index (χ0) is 31.4. The van der Waals surface area contributed by atoms with Gasteiger partial charge in [-0.3, -0.25) is 4.57 Å². The molecule has 43 heavy (non-hydrogen) atoms. The van der Waals surface area contributed by atoms with Crippen molar-refractivity contribution in [1.29, 1.82) is 0 Å². The normalized spacial score (nSPS) is 14.0. The van der Waals surface area contributed by atoms with Crippen LogP contribution in [0.15, 0.2) is 12.7 Å². The van der Waals surface area contributed by atoms with Gasteiger partial charge >= 0.3 is 7.60 Å². The van der Waals surface area contributed by atoms with Crippen LogP contribution in [-0.4, -0.2) is 51.5 Å². The molecular weight excluding hydrogens is 577 g/mol. The second kappa shape index (κ2) is 21.1. The predicted molar refractivity (Wildman–Crippen MR) is 181 cm³/mol. The van der Waals surface area contributed by atoms with Gasteiger partial charge in [0, 0.05) is 6.42 Å². The number of rotatable bonds is 24. The van der Waals surface area contributed by atoms with Gasteiger partial charge in [0.25, 0.3) is 0 Å². The minimum atomic E-state index is -3.79. The highest BCUT2D eigenvalue weighted by Crippen LogP contribution is 2.42. The van der Waals surface area contributed by atoms with Crippen molar-refractivity contribution in [3.05, 3.63) is 12.7 Å². The molecule has 0 aliphatic carbocycles. The third-order valence-corrected chi connectivity index (χ3v) is 14.4. The molecule has 2 aromatic rings. The van der Waals surface area contributed by atoms with Crippen molar-refractivity contribution >= 4 is 32.7 Å². The summed E-state index contributed by atoms with van der Waals surface area (Å²) in [5.74, 6) is 3.84. The van der Waals surface area contributed by atoms with Gasteiger partial charge in [0.05, 0.1) is 25.6 Å². The lowest BCUT2D eigenvalue weighted by atomic mass is 10.0. The van der Waals surface area contributed by atoms with Gasteiger partial charge in [-0.05, 0) is 37.9 Å². The fourth-order valence-electron chi connectivity index (χ4n) is 5.35. The second-order valence-electron chi connectivity index (χ2n) is 11.9. The molecule has 0 fully saturated rings. The van der Waals surface area contributed by atoms with E-state index in [4.69, 9.17) is 15.0 Å². The van der Waals surface area contributed by atoms with E-state index >= 15 is 0 Å². The first-order valence-corrected chi connectivity index (χ1v) is 21.1. The maximum atomic E-state index is 12.4. The minimum absolute atomic E-state index is 0.277. The standard InChI is InChI=1S/C32H58N5O4PSi/c1-5-43(6-2,7-3)24-22-20-18-16-14-12-10-8-9-11-13-15-17-19-21-23-41-42(38,39)28-40-29(4)25-37-27-36-30-31(33)34-26-35-32(30)37/h26-27,29H,5-21,23,25,28H2,1-4H3,(H,38,39)(H2,33,34,35)/t29-/m1/s1. The van der Waals surface area contributed by atoms with Crippen LogP contribution in [0.2, 0.25) is 18.1 Å². The summed E-state index contributed by atoms with van der Waals surface area (Å²) in [5, 5.41) is 0. The predicted octanol–water partition coefficient (Wildman–Crippen LogP) is 8.49. The van der Waals surface area contributed by atoms with Crippen molar-refractivity contribution < 1.29 is 18.7 Å². The number of nitrogens with two attached hydrogens (primary N) is 1. The maximum absolute atomic E-state index is 12.4. The van der Waals surface area contributed by atoms with Crippen LogP contribution in [0.3, 0.4) is 0 Å². The van der Waals surface area contributed by atoms with Crippen molar-refractivity contribution in [3.8, 4) is 11.5 Å². The highest BCUT2D eigenvalue weighted by atomic mass is 31.2. The molecule has 0 amide bonds.